The van der Waals surface area contributed by atoms with Crippen molar-refractivity contribution in [3.05, 3.63) is 15.6 Å². The second-order valence-electron chi connectivity index (χ2n) is 8.03. The number of carbonyl (C=O) groups excluding carboxylic acids is 2. The molecule has 0 aromatic carbocycles. The van der Waals surface area contributed by atoms with Crippen LogP contribution in [-0.4, -0.2) is 89.5 Å². The number of aliphatic hydroxyl groups is 1. The predicted molar refractivity (Wildman–Crippen MR) is 110 cm³/mol. The van der Waals surface area contributed by atoms with Crippen LogP contribution in [0.4, 0.5) is 0 Å². The van der Waals surface area contributed by atoms with Crippen molar-refractivity contribution >= 4 is 23.2 Å². The van der Waals surface area contributed by atoms with Gasteiger partial charge in [0, 0.05) is 37.6 Å². The molecule has 0 unspecified atom stereocenters. The highest BCUT2D eigenvalue weighted by molar-refractivity contribution is 7.13. The summed E-state index contributed by atoms with van der Waals surface area (Å²) in [6.07, 6.45) is 3.99. The second kappa shape index (κ2) is 9.33. The van der Waals surface area contributed by atoms with Crippen LogP contribution in [0.25, 0.3) is 0 Å². The molecule has 2 atom stereocenters. The van der Waals surface area contributed by atoms with E-state index < -0.39 is 12.0 Å². The summed E-state index contributed by atoms with van der Waals surface area (Å²) >= 11 is 1.50. The van der Waals surface area contributed by atoms with Crippen molar-refractivity contribution in [3.63, 3.8) is 0 Å². The van der Waals surface area contributed by atoms with Crippen LogP contribution in [0.1, 0.15) is 46.6 Å². The number of amides is 2. The first-order valence-electron chi connectivity index (χ1n) is 10.3. The number of likely N-dealkylation sites (N-methyl/N-ethyl adjacent to an activating group) is 2. The monoisotopic (exact) mass is 408 g/mol. The fourth-order valence-corrected chi connectivity index (χ4v) is 5.04. The maximum absolute atomic E-state index is 13.0. The first-order valence-corrected chi connectivity index (χ1v) is 11.1. The molecule has 1 fully saturated rings. The van der Waals surface area contributed by atoms with Crippen molar-refractivity contribution < 1.29 is 14.7 Å². The zero-order chi connectivity index (χ0) is 20.3. The second-order valence-corrected chi connectivity index (χ2v) is 9.11. The lowest BCUT2D eigenvalue weighted by Crippen LogP contribution is -2.53. The lowest BCUT2D eigenvalue weighted by Gasteiger charge is -2.37. The number of rotatable bonds is 6. The summed E-state index contributed by atoms with van der Waals surface area (Å²) in [5.41, 5.74) is 1.07. The molecule has 2 aliphatic rings. The van der Waals surface area contributed by atoms with E-state index in [4.69, 9.17) is 0 Å². The number of nitrogens with zero attached hydrogens (tertiary/aromatic N) is 4. The topological polar surface area (TPSA) is 77.0 Å². The number of hydrogen-bond acceptors (Lipinski definition) is 6. The third kappa shape index (κ3) is 4.72. The van der Waals surface area contributed by atoms with Gasteiger partial charge in [0.2, 0.25) is 5.91 Å². The molecule has 8 heteroatoms. The molecule has 0 bridgehead atoms. The Kier molecular flexibility index (Phi) is 7.06. The Morgan fingerprint density at radius 1 is 1.25 bits per heavy atom. The molecule has 1 N–H and O–H groups in total. The molecule has 1 aromatic rings. The minimum atomic E-state index is -0.700. The van der Waals surface area contributed by atoms with E-state index in [1.165, 1.54) is 16.2 Å². The van der Waals surface area contributed by atoms with Crippen LogP contribution < -0.4 is 0 Å². The van der Waals surface area contributed by atoms with Gasteiger partial charge in [-0.3, -0.25) is 9.59 Å². The highest BCUT2D eigenvalue weighted by Gasteiger charge is 2.38. The molecule has 2 heterocycles. The fraction of sp³-hybridized carbons (Fsp3) is 0.750. The summed E-state index contributed by atoms with van der Waals surface area (Å²) in [5, 5.41) is 11.0. The Hall–Kier alpha value is -1.51. The Morgan fingerprint density at radius 3 is 2.68 bits per heavy atom. The van der Waals surface area contributed by atoms with Gasteiger partial charge >= 0.3 is 0 Å². The van der Waals surface area contributed by atoms with Crippen LogP contribution in [-0.2, 0) is 17.6 Å². The summed E-state index contributed by atoms with van der Waals surface area (Å²) in [4.78, 5) is 37.4. The van der Waals surface area contributed by atoms with Gasteiger partial charge in [0.15, 0.2) is 5.01 Å². The number of hydrogen-bond donors (Lipinski definition) is 1. The van der Waals surface area contributed by atoms with Crippen LogP contribution in [0.3, 0.4) is 0 Å². The van der Waals surface area contributed by atoms with Gasteiger partial charge in [-0.1, -0.05) is 0 Å². The minimum absolute atomic E-state index is 0.0622. The highest BCUT2D eigenvalue weighted by Crippen LogP contribution is 2.29. The van der Waals surface area contributed by atoms with Crippen molar-refractivity contribution in [2.45, 2.75) is 45.1 Å². The number of aryl methyl sites for hydroxylation is 2. The first-order chi connectivity index (χ1) is 13.4. The molecule has 1 aliphatic carbocycles. The van der Waals surface area contributed by atoms with Gasteiger partial charge in [0.05, 0.1) is 17.7 Å². The largest absolute Gasteiger partial charge is 0.392 e. The SMILES string of the molecule is CCN(CCN(C)C)C(=O)[C@H]1CN(C(=O)c2nc3c(s2)CCCC3)CC[C@H]1O. The highest BCUT2D eigenvalue weighted by atomic mass is 32.1. The number of aromatic nitrogens is 1. The molecular weight excluding hydrogens is 376 g/mol. The third-order valence-electron chi connectivity index (χ3n) is 5.72. The van der Waals surface area contributed by atoms with Crippen molar-refractivity contribution in [1.82, 2.24) is 19.7 Å². The number of carbonyl (C=O) groups is 2. The summed E-state index contributed by atoms with van der Waals surface area (Å²) in [5.74, 6) is -0.720. The zero-order valence-corrected chi connectivity index (χ0v) is 18.0. The Morgan fingerprint density at radius 2 is 2.00 bits per heavy atom. The summed E-state index contributed by atoms with van der Waals surface area (Å²) in [7, 11) is 3.95. The van der Waals surface area contributed by atoms with E-state index in [9.17, 15) is 14.7 Å². The van der Waals surface area contributed by atoms with Gasteiger partial charge in [0.1, 0.15) is 0 Å². The average molecular weight is 409 g/mol. The van der Waals surface area contributed by atoms with Crippen LogP contribution in [0.5, 0.6) is 0 Å². The molecule has 156 valence electrons. The van der Waals surface area contributed by atoms with Crippen LogP contribution in [0.2, 0.25) is 0 Å². The van der Waals surface area contributed by atoms with E-state index in [0.29, 0.717) is 31.1 Å². The lowest BCUT2D eigenvalue weighted by atomic mass is 9.93. The van der Waals surface area contributed by atoms with Crippen molar-refractivity contribution in [3.8, 4) is 0 Å². The van der Waals surface area contributed by atoms with E-state index in [2.05, 4.69) is 4.98 Å². The molecule has 1 saturated heterocycles. The normalized spacial score (nSPS) is 22.2. The zero-order valence-electron chi connectivity index (χ0n) is 17.2. The standard InChI is InChI=1S/C20H32N4O3S/c1-4-23(12-11-22(2)3)19(26)14-13-24(10-9-16(14)25)20(27)18-21-15-7-5-6-8-17(15)28-18/h14,16,25H,4-13H2,1-3H3/t14-,16+/m0/s1. The maximum atomic E-state index is 13.0. The number of thiazole rings is 1. The van der Waals surface area contributed by atoms with E-state index in [1.807, 2.05) is 25.9 Å². The molecule has 1 aromatic heterocycles. The van der Waals surface area contributed by atoms with Crippen LogP contribution in [0.15, 0.2) is 0 Å². The van der Waals surface area contributed by atoms with Crippen molar-refractivity contribution in [1.29, 1.82) is 0 Å². The van der Waals surface area contributed by atoms with Gasteiger partial charge in [-0.25, -0.2) is 4.98 Å². The summed E-state index contributed by atoms with van der Waals surface area (Å²) < 4.78 is 0. The molecular formula is C20H32N4O3S. The quantitative estimate of drug-likeness (QED) is 0.767. The minimum Gasteiger partial charge on any atom is -0.392 e. The Labute approximate surface area is 171 Å². The number of likely N-dealkylation sites (tertiary alicyclic amines) is 1. The van der Waals surface area contributed by atoms with Crippen LogP contribution >= 0.6 is 11.3 Å². The Bertz CT molecular complexity index is 682. The number of piperidine rings is 1. The Balaban J connectivity index is 1.68. The van der Waals surface area contributed by atoms with Crippen molar-refractivity contribution in [2.24, 2.45) is 5.92 Å². The molecule has 2 amide bonds. The predicted octanol–water partition coefficient (Wildman–Crippen LogP) is 1.26. The third-order valence-corrected chi connectivity index (χ3v) is 6.87. The van der Waals surface area contributed by atoms with Gasteiger partial charge in [-0.15, -0.1) is 11.3 Å². The fourth-order valence-electron chi connectivity index (χ4n) is 3.92. The molecule has 3 rings (SSSR count). The smallest absolute Gasteiger partial charge is 0.282 e. The van der Waals surface area contributed by atoms with Gasteiger partial charge < -0.3 is 19.8 Å². The molecule has 28 heavy (non-hydrogen) atoms. The molecule has 7 nitrogen and oxygen atoms in total. The number of aliphatic hydroxyl groups excluding tert-OH is 1. The van der Waals surface area contributed by atoms with Crippen molar-refractivity contribution in [2.75, 3.05) is 46.8 Å². The molecule has 0 radical (unpaired) electrons. The van der Waals surface area contributed by atoms with E-state index in [-0.39, 0.29) is 18.4 Å². The average Bonchev–Trinajstić information content (AvgIpc) is 3.12. The summed E-state index contributed by atoms with van der Waals surface area (Å²) in [6.45, 7) is 4.68. The number of fused-ring (bicyclic) bond motifs is 1. The maximum Gasteiger partial charge on any atom is 0.282 e. The van der Waals surface area contributed by atoms with Crippen LogP contribution in [0, 0.1) is 5.92 Å². The molecule has 0 spiro atoms. The molecule has 1 aliphatic heterocycles. The van der Waals surface area contributed by atoms with Gasteiger partial charge in [-0.05, 0) is 53.1 Å². The van der Waals surface area contributed by atoms with E-state index >= 15 is 0 Å². The van der Waals surface area contributed by atoms with Gasteiger partial charge in [-0.2, -0.15) is 0 Å². The van der Waals surface area contributed by atoms with Gasteiger partial charge in [0.25, 0.3) is 5.91 Å². The lowest BCUT2D eigenvalue weighted by molar-refractivity contribution is -0.141. The first kappa shape index (κ1) is 21.2. The molecule has 0 saturated carbocycles. The van der Waals surface area contributed by atoms with E-state index in [1.54, 1.807) is 9.80 Å². The van der Waals surface area contributed by atoms with E-state index in [0.717, 1.165) is 37.9 Å². The summed E-state index contributed by atoms with van der Waals surface area (Å²) in [6, 6.07) is 0.